The highest BCUT2D eigenvalue weighted by Gasteiger charge is 2.29. The maximum atomic E-state index is 13.0. The first-order valence-corrected chi connectivity index (χ1v) is 11.3. The van der Waals surface area contributed by atoms with E-state index >= 15 is 0 Å². The van der Waals surface area contributed by atoms with Crippen LogP contribution in [-0.2, 0) is 14.8 Å². The van der Waals surface area contributed by atoms with E-state index in [0.29, 0.717) is 43.5 Å². The maximum absolute atomic E-state index is 13.0. The van der Waals surface area contributed by atoms with Crippen LogP contribution in [0, 0.1) is 6.92 Å². The van der Waals surface area contributed by atoms with Crippen LogP contribution in [0.5, 0.6) is 0 Å². The Morgan fingerprint density at radius 3 is 2.32 bits per heavy atom. The highest BCUT2D eigenvalue weighted by atomic mass is 32.2. The lowest BCUT2D eigenvalue weighted by Crippen LogP contribution is -2.49. The highest BCUT2D eigenvalue weighted by molar-refractivity contribution is 7.89. The molecule has 162 valence electrons. The predicted molar refractivity (Wildman–Crippen MR) is 116 cm³/mol. The molecule has 0 spiro atoms. The zero-order valence-electron chi connectivity index (χ0n) is 17.3. The lowest BCUT2D eigenvalue weighted by molar-refractivity contribution is -0.114. The number of amides is 1. The van der Waals surface area contributed by atoms with Crippen LogP contribution in [0.4, 0.5) is 11.5 Å². The molecule has 11 heteroatoms. The molecule has 31 heavy (non-hydrogen) atoms. The number of nitrogens with zero attached hydrogens (tertiary/aromatic N) is 6. The Labute approximate surface area is 180 Å². The summed E-state index contributed by atoms with van der Waals surface area (Å²) in [6, 6.07) is 9.87. The Balaban J connectivity index is 1.46. The molecule has 0 unspecified atom stereocenters. The van der Waals surface area contributed by atoms with Crippen molar-refractivity contribution in [2.45, 2.75) is 18.7 Å². The minimum absolute atomic E-state index is 0.203. The Kier molecular flexibility index (Phi) is 5.70. The van der Waals surface area contributed by atoms with E-state index in [1.807, 2.05) is 30.2 Å². The Morgan fingerprint density at radius 2 is 1.71 bits per heavy atom. The molecule has 0 aliphatic carbocycles. The summed E-state index contributed by atoms with van der Waals surface area (Å²) < 4.78 is 29.2. The standard InChI is InChI=1S/C20H23N7O3S/c1-15-22-19(14-20(23-15)27-9-3-8-21-27)25-10-12-26(13-11-25)31(29,30)18-6-4-17(5-7-18)24-16(2)28/h3-9,14H,10-13H2,1-2H3,(H,24,28). The Bertz CT molecular complexity index is 1170. The van der Waals surface area contributed by atoms with Gasteiger partial charge in [0.1, 0.15) is 11.6 Å². The predicted octanol–water partition coefficient (Wildman–Crippen LogP) is 1.44. The van der Waals surface area contributed by atoms with E-state index in [2.05, 4.69) is 20.4 Å². The molecule has 1 aliphatic rings. The molecule has 1 fully saturated rings. The number of carbonyl (C=O) groups is 1. The third kappa shape index (κ3) is 4.57. The zero-order chi connectivity index (χ0) is 22.0. The van der Waals surface area contributed by atoms with Crippen molar-refractivity contribution in [3.8, 4) is 5.82 Å². The van der Waals surface area contributed by atoms with Crippen molar-refractivity contribution >= 4 is 27.4 Å². The fourth-order valence-corrected chi connectivity index (χ4v) is 4.86. The van der Waals surface area contributed by atoms with Crippen molar-refractivity contribution in [3.05, 3.63) is 54.6 Å². The number of sulfonamides is 1. The molecule has 0 radical (unpaired) electrons. The fraction of sp³-hybridized carbons (Fsp3) is 0.300. The van der Waals surface area contributed by atoms with Gasteiger partial charge < -0.3 is 10.2 Å². The quantitative estimate of drug-likeness (QED) is 0.637. The molecular formula is C20H23N7O3S. The molecule has 10 nitrogen and oxygen atoms in total. The summed E-state index contributed by atoms with van der Waals surface area (Å²) in [4.78, 5) is 22.3. The highest BCUT2D eigenvalue weighted by Crippen LogP contribution is 2.22. The van der Waals surface area contributed by atoms with Crippen LogP contribution < -0.4 is 10.2 Å². The van der Waals surface area contributed by atoms with Gasteiger partial charge in [0.05, 0.1) is 4.90 Å². The smallest absolute Gasteiger partial charge is 0.243 e. The lowest BCUT2D eigenvalue weighted by atomic mass is 10.3. The van der Waals surface area contributed by atoms with Crippen molar-refractivity contribution < 1.29 is 13.2 Å². The van der Waals surface area contributed by atoms with Crippen LogP contribution in [0.15, 0.2) is 53.7 Å². The van der Waals surface area contributed by atoms with E-state index in [1.165, 1.54) is 23.4 Å². The average Bonchev–Trinajstić information content (AvgIpc) is 3.28. The monoisotopic (exact) mass is 441 g/mol. The van der Waals surface area contributed by atoms with Gasteiger partial charge in [-0.1, -0.05) is 0 Å². The summed E-state index contributed by atoms with van der Waals surface area (Å²) in [5, 5.41) is 6.84. The Hall–Kier alpha value is -3.31. The van der Waals surface area contributed by atoms with Gasteiger partial charge in [-0.15, -0.1) is 0 Å². The second kappa shape index (κ2) is 8.44. The van der Waals surface area contributed by atoms with Gasteiger partial charge in [-0.25, -0.2) is 23.1 Å². The molecule has 3 heterocycles. The van der Waals surface area contributed by atoms with Gasteiger partial charge in [0, 0.05) is 57.3 Å². The van der Waals surface area contributed by atoms with Crippen molar-refractivity contribution in [3.63, 3.8) is 0 Å². The summed E-state index contributed by atoms with van der Waals surface area (Å²) in [7, 11) is -3.62. The van der Waals surface area contributed by atoms with Crippen LogP contribution in [0.1, 0.15) is 12.7 Å². The normalized spacial score (nSPS) is 15.1. The van der Waals surface area contributed by atoms with Crippen molar-refractivity contribution in [2.75, 3.05) is 36.4 Å². The summed E-state index contributed by atoms with van der Waals surface area (Å²) in [5.74, 6) is 1.83. The fourth-order valence-electron chi connectivity index (χ4n) is 3.44. The van der Waals surface area contributed by atoms with Crippen LogP contribution in [0.2, 0.25) is 0 Å². The van der Waals surface area contributed by atoms with Crippen molar-refractivity contribution in [1.29, 1.82) is 0 Å². The van der Waals surface area contributed by atoms with Gasteiger partial charge in [0.25, 0.3) is 0 Å². The van der Waals surface area contributed by atoms with Crippen LogP contribution in [0.3, 0.4) is 0 Å². The number of rotatable bonds is 5. The van der Waals surface area contributed by atoms with Crippen LogP contribution in [-0.4, -0.2) is 64.6 Å². The summed E-state index contributed by atoms with van der Waals surface area (Å²) in [6.07, 6.45) is 3.50. The number of piperazine rings is 1. The van der Waals surface area contributed by atoms with E-state index in [1.54, 1.807) is 23.0 Å². The van der Waals surface area contributed by atoms with Crippen LogP contribution in [0.25, 0.3) is 5.82 Å². The number of hydrogen-bond acceptors (Lipinski definition) is 7. The number of anilines is 2. The third-order valence-electron chi connectivity index (χ3n) is 4.93. The SMILES string of the molecule is CC(=O)Nc1ccc(S(=O)(=O)N2CCN(c3cc(-n4cccn4)nc(C)n3)CC2)cc1. The average molecular weight is 442 g/mol. The molecule has 4 rings (SSSR count). The summed E-state index contributed by atoms with van der Waals surface area (Å²) >= 11 is 0. The number of hydrogen-bond donors (Lipinski definition) is 1. The molecule has 1 aliphatic heterocycles. The number of aryl methyl sites for hydroxylation is 1. The van der Waals surface area contributed by atoms with Gasteiger partial charge in [0.2, 0.25) is 15.9 Å². The molecule has 0 saturated carbocycles. The molecule has 2 aromatic heterocycles. The van der Waals surface area contributed by atoms with Gasteiger partial charge in [0.15, 0.2) is 5.82 Å². The molecule has 3 aromatic rings. The van der Waals surface area contributed by atoms with E-state index in [9.17, 15) is 13.2 Å². The van der Waals surface area contributed by atoms with Crippen molar-refractivity contribution in [1.82, 2.24) is 24.1 Å². The minimum atomic E-state index is -3.62. The van der Waals surface area contributed by atoms with Crippen LogP contribution >= 0.6 is 0 Å². The molecule has 1 N–H and O–H groups in total. The summed E-state index contributed by atoms with van der Waals surface area (Å²) in [6.45, 7) is 4.94. The summed E-state index contributed by atoms with van der Waals surface area (Å²) in [5.41, 5.74) is 0.559. The largest absolute Gasteiger partial charge is 0.354 e. The molecule has 1 saturated heterocycles. The maximum Gasteiger partial charge on any atom is 0.243 e. The number of benzene rings is 1. The van der Waals surface area contributed by atoms with Gasteiger partial charge >= 0.3 is 0 Å². The Morgan fingerprint density at radius 1 is 1.03 bits per heavy atom. The first kappa shape index (κ1) is 20.9. The first-order valence-electron chi connectivity index (χ1n) is 9.81. The van der Waals surface area contributed by atoms with E-state index < -0.39 is 10.0 Å². The number of aromatic nitrogens is 4. The van der Waals surface area contributed by atoms with Crippen molar-refractivity contribution in [2.24, 2.45) is 0 Å². The zero-order valence-corrected chi connectivity index (χ0v) is 18.1. The molecule has 0 bridgehead atoms. The first-order chi connectivity index (χ1) is 14.8. The topological polar surface area (TPSA) is 113 Å². The third-order valence-corrected chi connectivity index (χ3v) is 6.84. The molecule has 1 amide bonds. The number of nitrogens with one attached hydrogen (secondary N) is 1. The van der Waals surface area contributed by atoms with E-state index in [-0.39, 0.29) is 10.8 Å². The molecule has 1 aromatic carbocycles. The lowest BCUT2D eigenvalue weighted by Gasteiger charge is -2.34. The van der Waals surface area contributed by atoms with E-state index in [0.717, 1.165) is 5.82 Å². The molecule has 0 atom stereocenters. The van der Waals surface area contributed by atoms with Gasteiger partial charge in [-0.2, -0.15) is 9.40 Å². The molecular weight excluding hydrogens is 418 g/mol. The minimum Gasteiger partial charge on any atom is -0.354 e. The van der Waals surface area contributed by atoms with Gasteiger partial charge in [-0.3, -0.25) is 4.79 Å². The van der Waals surface area contributed by atoms with Gasteiger partial charge in [-0.05, 0) is 37.3 Å². The van der Waals surface area contributed by atoms with E-state index in [4.69, 9.17) is 0 Å². The second-order valence-corrected chi connectivity index (χ2v) is 9.12. The second-order valence-electron chi connectivity index (χ2n) is 7.18. The number of carbonyl (C=O) groups excluding carboxylic acids is 1.